The summed E-state index contributed by atoms with van der Waals surface area (Å²) in [5, 5.41) is 4.21. The molecule has 0 aromatic heterocycles. The van der Waals surface area contributed by atoms with Crippen molar-refractivity contribution in [3.8, 4) is 0 Å². The number of anilines is 1. The first-order chi connectivity index (χ1) is 12.3. The van der Waals surface area contributed by atoms with E-state index in [2.05, 4.69) is 10.7 Å². The van der Waals surface area contributed by atoms with Gasteiger partial charge in [-0.15, -0.1) is 0 Å². The van der Waals surface area contributed by atoms with E-state index in [9.17, 15) is 22.0 Å². The summed E-state index contributed by atoms with van der Waals surface area (Å²) in [6, 6.07) is 8.48. The second-order valence-corrected chi connectivity index (χ2v) is 5.89. The molecule has 0 aliphatic carbocycles. The van der Waals surface area contributed by atoms with E-state index in [0.717, 1.165) is 6.08 Å². The lowest BCUT2D eigenvalue weighted by atomic mass is 10.1. The van der Waals surface area contributed by atoms with Crippen LogP contribution in [-0.4, -0.2) is 24.3 Å². The molecule has 0 amide bonds. The molecule has 3 nitrogen and oxygen atoms in total. The minimum Gasteiger partial charge on any atom is -0.381 e. The van der Waals surface area contributed by atoms with Gasteiger partial charge < -0.3 is 10.3 Å². The van der Waals surface area contributed by atoms with Gasteiger partial charge in [-0.05, 0) is 35.9 Å². The molecule has 1 heterocycles. The molecular weight excluding hydrogens is 353 g/mol. The summed E-state index contributed by atoms with van der Waals surface area (Å²) in [6.45, 7) is -0.0435. The SMILES string of the molecule is CN1NC(C(F)(F)F)C=C1c1ccc(NCc2c(F)cccc2F)cc1. The highest BCUT2D eigenvalue weighted by atomic mass is 19.4. The molecule has 1 unspecified atom stereocenters. The van der Waals surface area contributed by atoms with Crippen molar-refractivity contribution in [3.63, 3.8) is 0 Å². The van der Waals surface area contributed by atoms with Crippen molar-refractivity contribution < 1.29 is 22.0 Å². The summed E-state index contributed by atoms with van der Waals surface area (Å²) in [6.07, 6.45) is -3.27. The molecule has 1 aliphatic rings. The molecule has 2 N–H and O–H groups in total. The Bertz CT molecular complexity index is 794. The predicted octanol–water partition coefficient (Wildman–Crippen LogP) is 4.30. The fourth-order valence-corrected chi connectivity index (χ4v) is 2.69. The number of nitrogens with zero attached hydrogens (tertiary/aromatic N) is 1. The Morgan fingerprint density at radius 2 is 1.65 bits per heavy atom. The third kappa shape index (κ3) is 3.80. The van der Waals surface area contributed by atoms with Gasteiger partial charge in [0, 0.05) is 24.8 Å². The van der Waals surface area contributed by atoms with Crippen molar-refractivity contribution in [3.05, 3.63) is 71.3 Å². The van der Waals surface area contributed by atoms with Gasteiger partial charge in [-0.3, -0.25) is 0 Å². The third-order valence-electron chi connectivity index (χ3n) is 4.08. The first-order valence-electron chi connectivity index (χ1n) is 7.81. The Labute approximate surface area is 147 Å². The van der Waals surface area contributed by atoms with Crippen LogP contribution in [0.2, 0.25) is 0 Å². The van der Waals surface area contributed by atoms with E-state index >= 15 is 0 Å². The zero-order valence-corrected chi connectivity index (χ0v) is 13.7. The van der Waals surface area contributed by atoms with Gasteiger partial charge in [0.2, 0.25) is 0 Å². The minimum absolute atomic E-state index is 0.0435. The van der Waals surface area contributed by atoms with Crippen LogP contribution in [0.15, 0.2) is 48.5 Å². The third-order valence-corrected chi connectivity index (χ3v) is 4.08. The molecule has 3 rings (SSSR count). The fourth-order valence-electron chi connectivity index (χ4n) is 2.69. The van der Waals surface area contributed by atoms with E-state index in [-0.39, 0.29) is 12.1 Å². The van der Waals surface area contributed by atoms with E-state index in [1.807, 2.05) is 0 Å². The molecule has 2 aromatic carbocycles. The Morgan fingerprint density at radius 1 is 1.04 bits per heavy atom. The number of hydrogen-bond donors (Lipinski definition) is 2. The second-order valence-electron chi connectivity index (χ2n) is 5.89. The van der Waals surface area contributed by atoms with Crippen LogP contribution in [0.25, 0.3) is 5.70 Å². The minimum atomic E-state index is -4.37. The lowest BCUT2D eigenvalue weighted by Gasteiger charge is -2.20. The standard InChI is InChI=1S/C18H16F5N3/c1-26-16(9-17(25-26)18(21,22)23)11-5-7-12(8-6-11)24-10-13-14(19)3-2-4-15(13)20/h2-9,17,24-25H,10H2,1H3. The Morgan fingerprint density at radius 3 is 2.19 bits per heavy atom. The van der Waals surface area contributed by atoms with Gasteiger partial charge in [0.1, 0.15) is 17.7 Å². The van der Waals surface area contributed by atoms with E-state index in [1.165, 1.54) is 30.3 Å². The van der Waals surface area contributed by atoms with Gasteiger partial charge >= 0.3 is 6.18 Å². The second kappa shape index (κ2) is 6.95. The van der Waals surface area contributed by atoms with Gasteiger partial charge in [0.15, 0.2) is 0 Å². The van der Waals surface area contributed by atoms with Crippen LogP contribution < -0.4 is 10.7 Å². The molecule has 0 radical (unpaired) electrons. The van der Waals surface area contributed by atoms with Crippen LogP contribution in [0.4, 0.5) is 27.6 Å². The van der Waals surface area contributed by atoms with Crippen molar-refractivity contribution in [2.24, 2.45) is 0 Å². The quantitative estimate of drug-likeness (QED) is 0.787. The zero-order valence-electron chi connectivity index (χ0n) is 13.7. The number of halogens is 5. The molecule has 1 aliphatic heterocycles. The van der Waals surface area contributed by atoms with E-state index < -0.39 is 23.9 Å². The predicted molar refractivity (Wildman–Crippen MR) is 88.8 cm³/mol. The highest BCUT2D eigenvalue weighted by molar-refractivity contribution is 5.68. The molecule has 0 fully saturated rings. The van der Waals surface area contributed by atoms with Crippen LogP contribution >= 0.6 is 0 Å². The molecule has 0 saturated carbocycles. The fraction of sp³-hybridized carbons (Fsp3) is 0.222. The molecule has 138 valence electrons. The van der Waals surface area contributed by atoms with E-state index in [4.69, 9.17) is 0 Å². The molecule has 0 saturated heterocycles. The molecule has 8 heteroatoms. The van der Waals surface area contributed by atoms with Crippen LogP contribution in [0.3, 0.4) is 0 Å². The summed E-state index contributed by atoms with van der Waals surface area (Å²) < 4.78 is 65.6. The van der Waals surface area contributed by atoms with Crippen molar-refractivity contribution in [2.75, 3.05) is 12.4 Å². The summed E-state index contributed by atoms with van der Waals surface area (Å²) in [4.78, 5) is 0. The van der Waals surface area contributed by atoms with Gasteiger partial charge in [-0.25, -0.2) is 14.2 Å². The number of rotatable bonds is 4. The van der Waals surface area contributed by atoms with Gasteiger partial charge in [0.25, 0.3) is 0 Å². The maximum absolute atomic E-state index is 13.6. The molecule has 0 spiro atoms. The van der Waals surface area contributed by atoms with E-state index in [0.29, 0.717) is 16.9 Å². The topological polar surface area (TPSA) is 27.3 Å². The van der Waals surface area contributed by atoms with Crippen LogP contribution in [0.5, 0.6) is 0 Å². The largest absolute Gasteiger partial charge is 0.409 e. The van der Waals surface area contributed by atoms with Crippen molar-refractivity contribution in [2.45, 2.75) is 18.8 Å². The lowest BCUT2D eigenvalue weighted by molar-refractivity contribution is -0.148. The normalized spacial score (nSPS) is 17.4. The van der Waals surface area contributed by atoms with Gasteiger partial charge in [0.05, 0.1) is 5.70 Å². The molecule has 26 heavy (non-hydrogen) atoms. The monoisotopic (exact) mass is 369 g/mol. The highest BCUT2D eigenvalue weighted by Crippen LogP contribution is 2.31. The smallest absolute Gasteiger partial charge is 0.381 e. The summed E-state index contributed by atoms with van der Waals surface area (Å²) in [5.41, 5.74) is 3.85. The molecule has 2 aromatic rings. The number of nitrogens with one attached hydrogen (secondary N) is 2. The van der Waals surface area contributed by atoms with Crippen molar-refractivity contribution in [1.82, 2.24) is 10.4 Å². The zero-order chi connectivity index (χ0) is 18.9. The summed E-state index contributed by atoms with van der Waals surface area (Å²) >= 11 is 0. The molecule has 1 atom stereocenters. The van der Waals surface area contributed by atoms with Crippen LogP contribution in [0.1, 0.15) is 11.1 Å². The summed E-state index contributed by atoms with van der Waals surface area (Å²) in [7, 11) is 1.50. The van der Waals surface area contributed by atoms with Gasteiger partial charge in [-0.1, -0.05) is 18.2 Å². The maximum Gasteiger partial charge on any atom is 0.409 e. The molecular formula is C18H16F5N3. The average molecular weight is 369 g/mol. The molecule has 0 bridgehead atoms. The van der Waals surface area contributed by atoms with Crippen molar-refractivity contribution in [1.29, 1.82) is 0 Å². The van der Waals surface area contributed by atoms with Crippen LogP contribution in [0, 0.1) is 11.6 Å². The number of benzene rings is 2. The first kappa shape index (κ1) is 18.2. The summed E-state index contributed by atoms with van der Waals surface area (Å²) in [5.74, 6) is -1.28. The van der Waals surface area contributed by atoms with E-state index in [1.54, 1.807) is 24.3 Å². The first-order valence-corrected chi connectivity index (χ1v) is 7.81. The number of alkyl halides is 3. The average Bonchev–Trinajstić information content (AvgIpc) is 2.97. The van der Waals surface area contributed by atoms with Crippen LogP contribution in [-0.2, 0) is 6.54 Å². The highest BCUT2D eigenvalue weighted by Gasteiger charge is 2.42. The number of hydrazine groups is 1. The Balaban J connectivity index is 1.71. The number of hydrogen-bond acceptors (Lipinski definition) is 3. The van der Waals surface area contributed by atoms with Crippen molar-refractivity contribution >= 4 is 11.4 Å². The maximum atomic E-state index is 13.6. The van der Waals surface area contributed by atoms with Gasteiger partial charge in [-0.2, -0.15) is 13.2 Å². The lowest BCUT2D eigenvalue weighted by Crippen LogP contribution is -2.42. The Kier molecular flexibility index (Phi) is 4.86. The Hall–Kier alpha value is -2.61.